The zero-order valence-corrected chi connectivity index (χ0v) is 12.4. The molecule has 0 saturated heterocycles. The summed E-state index contributed by atoms with van der Waals surface area (Å²) in [6.07, 6.45) is 1.20. The third-order valence-corrected chi connectivity index (χ3v) is 3.04. The molecule has 1 aromatic heterocycles. The minimum Gasteiger partial charge on any atom is -0.489 e. The first kappa shape index (κ1) is 15.4. The van der Waals surface area contributed by atoms with Crippen molar-refractivity contribution in [3.05, 3.63) is 52.9 Å². The Bertz CT molecular complexity index is 612. The van der Waals surface area contributed by atoms with Gasteiger partial charge in [-0.3, -0.25) is 4.79 Å². The number of nitrogens with two attached hydrogens (primary N) is 1. The summed E-state index contributed by atoms with van der Waals surface area (Å²) in [6.45, 7) is 2.50. The topological polar surface area (TPSA) is 77.5 Å². The van der Waals surface area contributed by atoms with Gasteiger partial charge in [0, 0.05) is 5.02 Å². The monoisotopic (exact) mass is 308 g/mol. The van der Waals surface area contributed by atoms with E-state index < -0.39 is 0 Å². The van der Waals surface area contributed by atoms with E-state index in [1.165, 1.54) is 6.26 Å². The lowest BCUT2D eigenvalue weighted by molar-refractivity contribution is 0.0931. The molecule has 1 unspecified atom stereocenters. The first-order valence-corrected chi connectivity index (χ1v) is 6.94. The second-order valence-electron chi connectivity index (χ2n) is 4.60. The molecule has 5 nitrogen and oxygen atoms in total. The lowest BCUT2D eigenvalue weighted by Gasteiger charge is -2.15. The lowest BCUT2D eigenvalue weighted by Crippen LogP contribution is -2.33. The van der Waals surface area contributed by atoms with Crippen molar-refractivity contribution in [2.45, 2.75) is 19.6 Å². The second kappa shape index (κ2) is 7.15. The minimum absolute atomic E-state index is 0.187. The maximum atomic E-state index is 11.9. The molecule has 21 heavy (non-hydrogen) atoms. The number of rotatable bonds is 6. The number of furan rings is 1. The zero-order valence-electron chi connectivity index (χ0n) is 11.6. The smallest absolute Gasteiger partial charge is 0.254 e. The van der Waals surface area contributed by atoms with E-state index in [4.69, 9.17) is 26.5 Å². The summed E-state index contributed by atoms with van der Waals surface area (Å²) in [5.41, 5.74) is 5.88. The van der Waals surface area contributed by atoms with Crippen molar-refractivity contribution in [1.29, 1.82) is 0 Å². The Hall–Kier alpha value is -1.98. The van der Waals surface area contributed by atoms with Crippen LogP contribution in [0.25, 0.3) is 0 Å². The van der Waals surface area contributed by atoms with Crippen molar-refractivity contribution in [3.8, 4) is 5.75 Å². The van der Waals surface area contributed by atoms with Gasteiger partial charge in [-0.15, -0.1) is 0 Å². The highest BCUT2D eigenvalue weighted by Gasteiger charge is 2.11. The third kappa shape index (κ3) is 4.51. The molecule has 0 bridgehead atoms. The number of amides is 1. The molecular formula is C15H17ClN2O3. The van der Waals surface area contributed by atoms with Gasteiger partial charge in [0.1, 0.15) is 23.9 Å². The normalized spacial score (nSPS) is 12.0. The van der Waals surface area contributed by atoms with Crippen LogP contribution in [0.15, 0.2) is 41.0 Å². The van der Waals surface area contributed by atoms with Gasteiger partial charge in [0.15, 0.2) is 0 Å². The quantitative estimate of drug-likeness (QED) is 0.860. The molecule has 6 heteroatoms. The Balaban J connectivity index is 1.83. The van der Waals surface area contributed by atoms with Gasteiger partial charge in [0.05, 0.1) is 18.7 Å². The van der Waals surface area contributed by atoms with Gasteiger partial charge < -0.3 is 20.2 Å². The summed E-state index contributed by atoms with van der Waals surface area (Å²) < 4.78 is 10.8. The zero-order chi connectivity index (χ0) is 15.2. The van der Waals surface area contributed by atoms with Gasteiger partial charge in [0.25, 0.3) is 5.91 Å². The van der Waals surface area contributed by atoms with Crippen LogP contribution in [0.2, 0.25) is 5.02 Å². The van der Waals surface area contributed by atoms with Gasteiger partial charge in [-0.25, -0.2) is 0 Å². The van der Waals surface area contributed by atoms with Crippen molar-refractivity contribution < 1.29 is 13.9 Å². The predicted molar refractivity (Wildman–Crippen MR) is 80.5 cm³/mol. The highest BCUT2D eigenvalue weighted by molar-refractivity contribution is 6.30. The number of hydrogen-bond donors (Lipinski definition) is 2. The lowest BCUT2D eigenvalue weighted by atomic mass is 10.3. The minimum atomic E-state index is -0.222. The number of hydrogen-bond acceptors (Lipinski definition) is 4. The van der Waals surface area contributed by atoms with Crippen molar-refractivity contribution in [2.24, 2.45) is 5.73 Å². The fourth-order valence-electron chi connectivity index (χ4n) is 1.76. The van der Waals surface area contributed by atoms with Crippen LogP contribution >= 0.6 is 11.6 Å². The number of ether oxygens (including phenoxy) is 1. The van der Waals surface area contributed by atoms with Crippen LogP contribution in [0.4, 0.5) is 0 Å². The van der Waals surface area contributed by atoms with E-state index in [2.05, 4.69) is 5.32 Å². The van der Waals surface area contributed by atoms with Gasteiger partial charge >= 0.3 is 0 Å². The van der Waals surface area contributed by atoms with Gasteiger partial charge in [0.2, 0.25) is 0 Å². The molecule has 0 spiro atoms. The third-order valence-electron chi connectivity index (χ3n) is 2.80. The first-order valence-electron chi connectivity index (χ1n) is 6.56. The van der Waals surface area contributed by atoms with E-state index >= 15 is 0 Å². The molecule has 1 amide bonds. The fraction of sp³-hybridized carbons (Fsp3) is 0.267. The maximum absolute atomic E-state index is 11.9. The molecule has 1 heterocycles. The molecule has 0 aliphatic carbocycles. The summed E-state index contributed by atoms with van der Waals surface area (Å²) in [5.74, 6) is 1.02. The number of benzene rings is 1. The SMILES string of the molecule is CC(CNC(=O)c1coc(CN)c1)Oc1cccc(Cl)c1. The van der Waals surface area contributed by atoms with E-state index in [1.54, 1.807) is 18.2 Å². The number of carbonyl (C=O) groups is 1. The summed E-state index contributed by atoms with van der Waals surface area (Å²) in [6, 6.07) is 8.74. The van der Waals surface area contributed by atoms with E-state index in [9.17, 15) is 4.79 Å². The molecular weight excluding hydrogens is 292 g/mol. The first-order chi connectivity index (χ1) is 10.1. The standard InChI is InChI=1S/C15H17ClN2O3/c1-10(21-13-4-2-3-12(16)6-13)8-18-15(19)11-5-14(7-17)20-9-11/h2-6,9-10H,7-8,17H2,1H3,(H,18,19). The van der Waals surface area contributed by atoms with Gasteiger partial charge in [-0.1, -0.05) is 17.7 Å². The Kier molecular flexibility index (Phi) is 5.25. The molecule has 1 atom stereocenters. The Morgan fingerprint density at radius 1 is 1.48 bits per heavy atom. The van der Waals surface area contributed by atoms with E-state index in [0.29, 0.717) is 28.6 Å². The molecule has 0 aliphatic heterocycles. The Morgan fingerprint density at radius 2 is 2.29 bits per heavy atom. The summed E-state index contributed by atoms with van der Waals surface area (Å²) in [5, 5.41) is 3.38. The van der Waals surface area contributed by atoms with E-state index in [0.717, 1.165) is 0 Å². The second-order valence-corrected chi connectivity index (χ2v) is 5.04. The molecule has 0 fully saturated rings. The molecule has 112 valence electrons. The fourth-order valence-corrected chi connectivity index (χ4v) is 1.94. The van der Waals surface area contributed by atoms with Crippen LogP contribution in [-0.2, 0) is 6.54 Å². The molecule has 0 saturated carbocycles. The molecule has 2 aromatic rings. The van der Waals surface area contributed by atoms with Crippen molar-refractivity contribution in [2.75, 3.05) is 6.54 Å². The largest absolute Gasteiger partial charge is 0.489 e. The highest BCUT2D eigenvalue weighted by atomic mass is 35.5. The van der Waals surface area contributed by atoms with Crippen LogP contribution in [0.1, 0.15) is 23.0 Å². The number of halogens is 1. The van der Waals surface area contributed by atoms with E-state index in [-0.39, 0.29) is 18.6 Å². The summed E-state index contributed by atoms with van der Waals surface area (Å²) in [4.78, 5) is 11.9. The van der Waals surface area contributed by atoms with Crippen LogP contribution in [-0.4, -0.2) is 18.6 Å². The molecule has 2 rings (SSSR count). The van der Waals surface area contributed by atoms with Crippen LogP contribution < -0.4 is 15.8 Å². The summed E-state index contributed by atoms with van der Waals surface area (Å²) >= 11 is 5.88. The van der Waals surface area contributed by atoms with Crippen molar-refractivity contribution in [1.82, 2.24) is 5.32 Å². The number of nitrogens with one attached hydrogen (secondary N) is 1. The molecule has 0 aliphatic rings. The predicted octanol–water partition coefficient (Wildman–Crippen LogP) is 2.59. The van der Waals surface area contributed by atoms with Crippen LogP contribution in [0.5, 0.6) is 5.75 Å². The summed E-state index contributed by atoms with van der Waals surface area (Å²) in [7, 11) is 0. The van der Waals surface area contributed by atoms with Crippen LogP contribution in [0.3, 0.4) is 0 Å². The van der Waals surface area contributed by atoms with E-state index in [1.807, 2.05) is 19.1 Å². The van der Waals surface area contributed by atoms with Crippen molar-refractivity contribution in [3.63, 3.8) is 0 Å². The molecule has 1 aromatic carbocycles. The highest BCUT2D eigenvalue weighted by Crippen LogP contribution is 2.18. The van der Waals surface area contributed by atoms with Crippen LogP contribution in [0, 0.1) is 0 Å². The van der Waals surface area contributed by atoms with Gasteiger partial charge in [-0.2, -0.15) is 0 Å². The van der Waals surface area contributed by atoms with Gasteiger partial charge in [-0.05, 0) is 31.2 Å². The molecule has 0 radical (unpaired) electrons. The Labute approximate surface area is 128 Å². The Morgan fingerprint density at radius 3 is 2.95 bits per heavy atom. The average molecular weight is 309 g/mol. The van der Waals surface area contributed by atoms with Crippen molar-refractivity contribution >= 4 is 17.5 Å². The maximum Gasteiger partial charge on any atom is 0.254 e. The average Bonchev–Trinajstić information content (AvgIpc) is 2.94. The number of carbonyl (C=O) groups excluding carboxylic acids is 1. The molecule has 3 N–H and O–H groups in total.